The zero-order valence-corrected chi connectivity index (χ0v) is 15.9. The van der Waals surface area contributed by atoms with Gasteiger partial charge in [0, 0.05) is 5.56 Å². The number of nitrogens with zero attached hydrogens (tertiary/aromatic N) is 1. The van der Waals surface area contributed by atoms with Crippen LogP contribution in [0.15, 0.2) is 83.3 Å². The molecule has 4 rings (SSSR count). The molecule has 0 spiro atoms. The predicted molar refractivity (Wildman–Crippen MR) is 108 cm³/mol. The lowest BCUT2D eigenvalue weighted by Crippen LogP contribution is -2.36. The molecule has 0 amide bonds. The normalized spacial score (nSPS) is 10.8. The van der Waals surface area contributed by atoms with Crippen LogP contribution in [0.5, 0.6) is 11.7 Å². The first-order valence-corrected chi connectivity index (χ1v) is 9.16. The summed E-state index contributed by atoms with van der Waals surface area (Å²) in [6, 6.07) is 25.8. The molecule has 0 aliphatic rings. The van der Waals surface area contributed by atoms with Crippen LogP contribution < -0.4 is 9.30 Å². The SMILES string of the molecule is COc1ccc(-c2oc(O)c(-c3ccc(C)cc3)[n+]2Cc2ccccc2)cc1. The van der Waals surface area contributed by atoms with E-state index in [0.29, 0.717) is 18.1 Å². The molecule has 3 aromatic carbocycles. The van der Waals surface area contributed by atoms with Crippen molar-refractivity contribution in [2.24, 2.45) is 0 Å². The van der Waals surface area contributed by atoms with Crippen molar-refractivity contribution < 1.29 is 18.8 Å². The van der Waals surface area contributed by atoms with E-state index in [0.717, 1.165) is 28.0 Å². The molecule has 0 bridgehead atoms. The molecule has 0 fully saturated rings. The molecule has 0 saturated carbocycles. The molecule has 1 aromatic heterocycles. The highest BCUT2D eigenvalue weighted by atomic mass is 16.5. The van der Waals surface area contributed by atoms with Crippen LogP contribution >= 0.6 is 0 Å². The Hall–Kier alpha value is -3.53. The summed E-state index contributed by atoms with van der Waals surface area (Å²) in [5.41, 5.74) is 4.72. The van der Waals surface area contributed by atoms with Crippen molar-refractivity contribution in [3.63, 3.8) is 0 Å². The fraction of sp³-hybridized carbons (Fsp3) is 0.125. The molecule has 0 aliphatic carbocycles. The molecular weight excluding hydrogens is 350 g/mol. The first kappa shape index (κ1) is 17.9. The summed E-state index contributed by atoms with van der Waals surface area (Å²) in [5, 5.41) is 10.7. The van der Waals surface area contributed by atoms with Crippen molar-refractivity contribution in [3.05, 3.63) is 90.0 Å². The van der Waals surface area contributed by atoms with E-state index >= 15 is 0 Å². The summed E-state index contributed by atoms with van der Waals surface area (Å²) in [5.74, 6) is 1.28. The van der Waals surface area contributed by atoms with Gasteiger partial charge < -0.3 is 14.3 Å². The van der Waals surface area contributed by atoms with Crippen LogP contribution in [0.2, 0.25) is 0 Å². The van der Waals surface area contributed by atoms with Crippen LogP contribution in [0, 0.1) is 6.92 Å². The average Bonchev–Trinajstić information content (AvgIpc) is 3.05. The maximum absolute atomic E-state index is 10.7. The van der Waals surface area contributed by atoms with Gasteiger partial charge in [0.2, 0.25) is 0 Å². The first-order chi connectivity index (χ1) is 13.7. The number of aromatic hydroxyl groups is 1. The van der Waals surface area contributed by atoms with Gasteiger partial charge in [-0.05, 0) is 43.3 Å². The zero-order chi connectivity index (χ0) is 19.5. The summed E-state index contributed by atoms with van der Waals surface area (Å²) < 4.78 is 13.1. The largest absolute Gasteiger partial charge is 0.497 e. The van der Waals surface area contributed by atoms with Gasteiger partial charge in [0.25, 0.3) is 5.69 Å². The van der Waals surface area contributed by atoms with Crippen molar-refractivity contribution in [1.29, 1.82) is 0 Å². The van der Waals surface area contributed by atoms with Gasteiger partial charge >= 0.3 is 11.8 Å². The fourth-order valence-corrected chi connectivity index (χ4v) is 3.27. The highest BCUT2D eigenvalue weighted by Crippen LogP contribution is 2.33. The molecule has 1 heterocycles. The highest BCUT2D eigenvalue weighted by molar-refractivity contribution is 5.63. The number of oxazole rings is 1. The number of hydrogen-bond donors (Lipinski definition) is 1. The van der Waals surface area contributed by atoms with Crippen molar-refractivity contribution in [2.75, 3.05) is 7.11 Å². The van der Waals surface area contributed by atoms with Gasteiger partial charge in [-0.3, -0.25) is 0 Å². The molecule has 0 atom stereocenters. The van der Waals surface area contributed by atoms with Gasteiger partial charge in [-0.2, -0.15) is 0 Å². The van der Waals surface area contributed by atoms with E-state index in [1.54, 1.807) is 7.11 Å². The molecule has 0 aliphatic heterocycles. The van der Waals surface area contributed by atoms with Crippen LogP contribution in [0.25, 0.3) is 22.7 Å². The monoisotopic (exact) mass is 372 g/mol. The Morgan fingerprint density at radius 2 is 1.50 bits per heavy atom. The van der Waals surface area contributed by atoms with Gasteiger partial charge in [-0.15, -0.1) is 4.57 Å². The minimum absolute atomic E-state index is 0.0920. The van der Waals surface area contributed by atoms with Crippen molar-refractivity contribution in [2.45, 2.75) is 13.5 Å². The number of benzene rings is 3. The van der Waals surface area contributed by atoms with Gasteiger partial charge in [-0.1, -0.05) is 48.0 Å². The summed E-state index contributed by atoms with van der Waals surface area (Å²) in [4.78, 5) is 0. The van der Waals surface area contributed by atoms with Crippen molar-refractivity contribution >= 4 is 0 Å². The molecule has 4 aromatic rings. The van der Waals surface area contributed by atoms with Crippen LogP contribution in [0.1, 0.15) is 11.1 Å². The Kier molecular flexibility index (Phi) is 4.85. The second-order valence-corrected chi connectivity index (χ2v) is 6.73. The van der Waals surface area contributed by atoms with Gasteiger partial charge in [0.05, 0.1) is 18.2 Å². The Morgan fingerprint density at radius 1 is 0.857 bits per heavy atom. The van der Waals surface area contributed by atoms with E-state index in [4.69, 9.17) is 9.15 Å². The lowest BCUT2D eigenvalue weighted by atomic mass is 10.1. The summed E-state index contributed by atoms with van der Waals surface area (Å²) in [6.45, 7) is 2.62. The van der Waals surface area contributed by atoms with E-state index in [1.807, 2.05) is 78.2 Å². The van der Waals surface area contributed by atoms with Crippen LogP contribution in [-0.4, -0.2) is 12.2 Å². The third kappa shape index (κ3) is 3.49. The Bertz CT molecular complexity index is 1070. The van der Waals surface area contributed by atoms with Gasteiger partial charge in [-0.25, -0.2) is 0 Å². The lowest BCUT2D eigenvalue weighted by Gasteiger charge is -2.03. The van der Waals surface area contributed by atoms with Crippen LogP contribution in [-0.2, 0) is 6.54 Å². The van der Waals surface area contributed by atoms with Crippen LogP contribution in [0.3, 0.4) is 0 Å². The molecule has 0 radical (unpaired) electrons. The average molecular weight is 372 g/mol. The van der Waals surface area contributed by atoms with Crippen molar-refractivity contribution in [1.82, 2.24) is 0 Å². The zero-order valence-electron chi connectivity index (χ0n) is 15.9. The molecule has 140 valence electrons. The summed E-state index contributed by atoms with van der Waals surface area (Å²) in [7, 11) is 1.64. The predicted octanol–water partition coefficient (Wildman–Crippen LogP) is 4.97. The third-order valence-corrected chi connectivity index (χ3v) is 4.76. The van der Waals surface area contributed by atoms with E-state index in [-0.39, 0.29) is 5.95 Å². The second-order valence-electron chi connectivity index (χ2n) is 6.73. The Labute approximate surface area is 164 Å². The standard InChI is InChI=1S/C24H21NO3/c1-17-8-10-19(11-9-17)22-24(26)28-23(20-12-14-21(27-2)15-13-20)25(22)16-18-6-4-3-5-7-18/h3-15H,16H2,1-2H3/p+1. The summed E-state index contributed by atoms with van der Waals surface area (Å²) in [6.07, 6.45) is 0. The number of aromatic nitrogens is 1. The van der Waals surface area contributed by atoms with Gasteiger partial charge in [0.15, 0.2) is 6.54 Å². The van der Waals surface area contributed by atoms with E-state index in [1.165, 1.54) is 0 Å². The Balaban J connectivity index is 1.87. The molecule has 4 nitrogen and oxygen atoms in total. The number of methoxy groups -OCH3 is 1. The smallest absolute Gasteiger partial charge is 0.384 e. The molecule has 0 unspecified atom stereocenters. The van der Waals surface area contributed by atoms with Crippen LogP contribution in [0.4, 0.5) is 0 Å². The fourth-order valence-electron chi connectivity index (χ4n) is 3.27. The number of rotatable bonds is 5. The van der Waals surface area contributed by atoms with E-state index in [9.17, 15) is 5.11 Å². The molecule has 1 N–H and O–H groups in total. The second kappa shape index (κ2) is 7.61. The maximum Gasteiger partial charge on any atom is 0.384 e. The minimum Gasteiger partial charge on any atom is -0.497 e. The number of aryl methyl sites for hydroxylation is 1. The molecule has 4 heteroatoms. The van der Waals surface area contributed by atoms with Crippen molar-refractivity contribution in [3.8, 4) is 34.4 Å². The summed E-state index contributed by atoms with van der Waals surface area (Å²) >= 11 is 0. The number of hydrogen-bond acceptors (Lipinski definition) is 3. The molecular formula is C24H22NO3+. The lowest BCUT2D eigenvalue weighted by molar-refractivity contribution is -0.669. The van der Waals surface area contributed by atoms with E-state index in [2.05, 4.69) is 12.1 Å². The van der Waals surface area contributed by atoms with Gasteiger partial charge in [0.1, 0.15) is 5.75 Å². The maximum atomic E-state index is 10.7. The molecule has 0 saturated heterocycles. The first-order valence-electron chi connectivity index (χ1n) is 9.16. The quantitative estimate of drug-likeness (QED) is 0.503. The third-order valence-electron chi connectivity index (χ3n) is 4.76. The minimum atomic E-state index is -0.0920. The Morgan fingerprint density at radius 3 is 2.14 bits per heavy atom. The topological polar surface area (TPSA) is 46.5 Å². The molecule has 28 heavy (non-hydrogen) atoms. The highest BCUT2D eigenvalue weighted by Gasteiger charge is 2.31. The van der Waals surface area contributed by atoms with E-state index < -0.39 is 0 Å². The number of ether oxygens (including phenoxy) is 1.